The number of pyridine rings is 1. The minimum absolute atomic E-state index is 0.869. The zero-order valence-electron chi connectivity index (χ0n) is 13.0. The molecule has 0 saturated heterocycles. The molecule has 1 heterocycles. The van der Waals surface area contributed by atoms with Gasteiger partial charge in [-0.05, 0) is 43.4 Å². The van der Waals surface area contributed by atoms with Crippen LogP contribution in [0.25, 0.3) is 10.9 Å². The molecule has 1 aromatic heterocycles. The van der Waals surface area contributed by atoms with E-state index >= 15 is 0 Å². The highest BCUT2D eigenvalue weighted by Gasteiger charge is 2.19. The van der Waals surface area contributed by atoms with Gasteiger partial charge in [0.25, 0.3) is 0 Å². The SMILES string of the molecule is CCC1CCC(CNCc2ccc3ccccc3n2)CC1. The fourth-order valence-corrected chi connectivity index (χ4v) is 3.45. The molecule has 0 unspecified atom stereocenters. The van der Waals surface area contributed by atoms with Crippen molar-refractivity contribution in [2.45, 2.75) is 45.6 Å². The van der Waals surface area contributed by atoms with Gasteiger partial charge in [-0.15, -0.1) is 0 Å². The van der Waals surface area contributed by atoms with E-state index in [4.69, 9.17) is 4.98 Å². The van der Waals surface area contributed by atoms with Crippen molar-refractivity contribution >= 4 is 10.9 Å². The predicted molar refractivity (Wildman–Crippen MR) is 89.2 cm³/mol. The van der Waals surface area contributed by atoms with Gasteiger partial charge in [-0.1, -0.05) is 50.5 Å². The Kier molecular flexibility index (Phi) is 4.87. The van der Waals surface area contributed by atoms with Crippen molar-refractivity contribution in [2.75, 3.05) is 6.54 Å². The molecule has 1 aromatic carbocycles. The molecule has 21 heavy (non-hydrogen) atoms. The van der Waals surface area contributed by atoms with Crippen molar-refractivity contribution in [1.82, 2.24) is 10.3 Å². The highest BCUT2D eigenvalue weighted by Crippen LogP contribution is 2.30. The second-order valence-corrected chi connectivity index (χ2v) is 6.42. The summed E-state index contributed by atoms with van der Waals surface area (Å²) in [4.78, 5) is 4.72. The van der Waals surface area contributed by atoms with Crippen LogP contribution in [0.1, 0.15) is 44.7 Å². The minimum atomic E-state index is 0.869. The highest BCUT2D eigenvalue weighted by molar-refractivity contribution is 5.78. The Hall–Kier alpha value is -1.41. The molecule has 2 heteroatoms. The van der Waals surface area contributed by atoms with Crippen LogP contribution in [0.3, 0.4) is 0 Å². The van der Waals surface area contributed by atoms with Crippen LogP contribution in [0.2, 0.25) is 0 Å². The number of hydrogen-bond acceptors (Lipinski definition) is 2. The van der Waals surface area contributed by atoms with Gasteiger partial charge >= 0.3 is 0 Å². The number of hydrogen-bond donors (Lipinski definition) is 1. The Morgan fingerprint density at radius 3 is 2.57 bits per heavy atom. The van der Waals surface area contributed by atoms with Gasteiger partial charge in [0.2, 0.25) is 0 Å². The first kappa shape index (κ1) is 14.5. The van der Waals surface area contributed by atoms with Gasteiger partial charge in [0, 0.05) is 11.9 Å². The van der Waals surface area contributed by atoms with Gasteiger partial charge < -0.3 is 5.32 Å². The molecule has 0 radical (unpaired) electrons. The summed E-state index contributed by atoms with van der Waals surface area (Å²) in [7, 11) is 0. The van der Waals surface area contributed by atoms with Crippen LogP contribution in [0, 0.1) is 11.8 Å². The Balaban J connectivity index is 1.48. The lowest BCUT2D eigenvalue weighted by molar-refractivity contribution is 0.262. The Labute approximate surface area is 128 Å². The number of benzene rings is 1. The monoisotopic (exact) mass is 282 g/mol. The van der Waals surface area contributed by atoms with Gasteiger partial charge in [0.15, 0.2) is 0 Å². The predicted octanol–water partition coefficient (Wildman–Crippen LogP) is 4.54. The van der Waals surface area contributed by atoms with Crippen LogP contribution in [-0.2, 0) is 6.54 Å². The largest absolute Gasteiger partial charge is 0.311 e. The van der Waals surface area contributed by atoms with Crippen LogP contribution in [0.4, 0.5) is 0 Å². The minimum Gasteiger partial charge on any atom is -0.311 e. The second kappa shape index (κ2) is 7.04. The van der Waals surface area contributed by atoms with E-state index in [1.807, 2.05) is 0 Å². The van der Waals surface area contributed by atoms with Gasteiger partial charge in [-0.2, -0.15) is 0 Å². The summed E-state index contributed by atoms with van der Waals surface area (Å²) in [6.45, 7) is 4.36. The van der Waals surface area contributed by atoms with Gasteiger partial charge in [0.05, 0.1) is 11.2 Å². The molecule has 0 amide bonds. The molecule has 0 spiro atoms. The van der Waals surface area contributed by atoms with Crippen LogP contribution >= 0.6 is 0 Å². The summed E-state index contributed by atoms with van der Waals surface area (Å²) < 4.78 is 0. The lowest BCUT2D eigenvalue weighted by atomic mass is 9.81. The first-order chi connectivity index (χ1) is 10.3. The molecule has 112 valence electrons. The summed E-state index contributed by atoms with van der Waals surface area (Å²) in [5, 5.41) is 4.83. The van der Waals surface area contributed by atoms with Crippen molar-refractivity contribution in [1.29, 1.82) is 0 Å². The van der Waals surface area contributed by atoms with Crippen molar-refractivity contribution in [2.24, 2.45) is 11.8 Å². The van der Waals surface area contributed by atoms with Crippen LogP contribution in [0.5, 0.6) is 0 Å². The van der Waals surface area contributed by atoms with E-state index in [-0.39, 0.29) is 0 Å². The summed E-state index contributed by atoms with van der Waals surface area (Å²) >= 11 is 0. The molecule has 1 saturated carbocycles. The molecule has 1 fully saturated rings. The van der Waals surface area contributed by atoms with Crippen molar-refractivity contribution in [3.8, 4) is 0 Å². The van der Waals surface area contributed by atoms with Gasteiger partial charge in [0.1, 0.15) is 0 Å². The van der Waals surface area contributed by atoms with E-state index in [0.29, 0.717) is 0 Å². The normalized spacial score (nSPS) is 22.5. The average molecular weight is 282 g/mol. The third-order valence-electron chi connectivity index (χ3n) is 4.94. The zero-order valence-corrected chi connectivity index (χ0v) is 13.0. The first-order valence-corrected chi connectivity index (χ1v) is 8.40. The molecular formula is C19H26N2. The number of fused-ring (bicyclic) bond motifs is 1. The lowest BCUT2D eigenvalue weighted by Crippen LogP contribution is -2.26. The number of para-hydroxylation sites is 1. The Morgan fingerprint density at radius 1 is 1.00 bits per heavy atom. The highest BCUT2D eigenvalue weighted by atomic mass is 14.9. The maximum Gasteiger partial charge on any atom is 0.0705 e. The second-order valence-electron chi connectivity index (χ2n) is 6.42. The molecule has 1 N–H and O–H groups in total. The fourth-order valence-electron chi connectivity index (χ4n) is 3.45. The van der Waals surface area contributed by atoms with Gasteiger partial charge in [-0.3, -0.25) is 4.98 Å². The number of nitrogens with zero attached hydrogens (tertiary/aromatic N) is 1. The standard InChI is InChI=1S/C19H26N2/c1-2-15-7-9-16(10-8-15)13-20-14-18-12-11-17-5-3-4-6-19(17)21-18/h3-6,11-12,15-16,20H,2,7-10,13-14H2,1H3. The molecule has 0 atom stereocenters. The summed E-state index contributed by atoms with van der Waals surface area (Å²) in [5.41, 5.74) is 2.25. The van der Waals surface area contributed by atoms with Crippen molar-refractivity contribution in [3.05, 3.63) is 42.1 Å². The number of nitrogens with one attached hydrogen (secondary N) is 1. The molecule has 1 aliphatic carbocycles. The van der Waals surface area contributed by atoms with Gasteiger partial charge in [-0.25, -0.2) is 0 Å². The zero-order chi connectivity index (χ0) is 14.5. The fraction of sp³-hybridized carbons (Fsp3) is 0.526. The maximum atomic E-state index is 4.72. The van der Waals surface area contributed by atoms with E-state index in [1.54, 1.807) is 0 Å². The molecule has 1 aliphatic rings. The number of aromatic nitrogens is 1. The lowest BCUT2D eigenvalue weighted by Gasteiger charge is -2.27. The Bertz CT molecular complexity index is 571. The van der Waals surface area contributed by atoms with Crippen LogP contribution in [-0.4, -0.2) is 11.5 Å². The van der Waals surface area contributed by atoms with Crippen LogP contribution in [0.15, 0.2) is 36.4 Å². The summed E-state index contributed by atoms with van der Waals surface area (Å²) in [6, 6.07) is 12.6. The van der Waals surface area contributed by atoms with E-state index in [0.717, 1.165) is 36.1 Å². The van der Waals surface area contributed by atoms with Crippen molar-refractivity contribution < 1.29 is 0 Å². The molecule has 0 bridgehead atoms. The summed E-state index contributed by atoms with van der Waals surface area (Å²) in [6.07, 6.45) is 7.02. The van der Waals surface area contributed by atoms with Crippen LogP contribution < -0.4 is 5.32 Å². The number of rotatable bonds is 5. The van der Waals surface area contributed by atoms with E-state index in [9.17, 15) is 0 Å². The third-order valence-corrected chi connectivity index (χ3v) is 4.94. The average Bonchev–Trinajstić information content (AvgIpc) is 2.55. The van der Waals surface area contributed by atoms with Crippen molar-refractivity contribution in [3.63, 3.8) is 0 Å². The molecule has 3 rings (SSSR count). The Morgan fingerprint density at radius 2 is 1.76 bits per heavy atom. The molecule has 0 aliphatic heterocycles. The summed E-state index contributed by atoms with van der Waals surface area (Å²) in [5.74, 6) is 1.86. The first-order valence-electron chi connectivity index (χ1n) is 8.40. The van der Waals surface area contributed by atoms with E-state index < -0.39 is 0 Å². The maximum absolute atomic E-state index is 4.72. The van der Waals surface area contributed by atoms with E-state index in [2.05, 4.69) is 48.6 Å². The molecule has 2 aromatic rings. The topological polar surface area (TPSA) is 24.9 Å². The quantitative estimate of drug-likeness (QED) is 0.870. The molecule has 2 nitrogen and oxygen atoms in total. The third kappa shape index (κ3) is 3.82. The molecular weight excluding hydrogens is 256 g/mol. The smallest absolute Gasteiger partial charge is 0.0705 e. The van der Waals surface area contributed by atoms with E-state index in [1.165, 1.54) is 37.5 Å².